The molecule has 0 saturated heterocycles. The molecule has 0 spiro atoms. The van der Waals surface area contributed by atoms with E-state index in [0.29, 0.717) is 0 Å². The summed E-state index contributed by atoms with van der Waals surface area (Å²) in [5, 5.41) is 8.54. The molecule has 0 saturated carbocycles. The Hall–Kier alpha value is -0.866. The van der Waals surface area contributed by atoms with Gasteiger partial charge in [0.1, 0.15) is 11.6 Å². The maximum absolute atomic E-state index is 13.1. The zero-order valence-electron chi connectivity index (χ0n) is 7.64. The molecule has 1 radical (unpaired) electrons. The summed E-state index contributed by atoms with van der Waals surface area (Å²) in [6, 6.07) is 0.986. The van der Waals surface area contributed by atoms with E-state index in [0.717, 1.165) is 6.07 Å². The van der Waals surface area contributed by atoms with Gasteiger partial charge in [0.05, 0.1) is 5.56 Å². The minimum atomic E-state index is -1.39. The van der Waals surface area contributed by atoms with Crippen LogP contribution in [0, 0.1) is 25.5 Å². The van der Waals surface area contributed by atoms with Crippen molar-refractivity contribution in [3.8, 4) is 0 Å². The Morgan fingerprint density at radius 2 is 1.79 bits per heavy atom. The molecule has 5 heteroatoms. The molecule has 0 fully saturated rings. The fourth-order valence-electron chi connectivity index (χ4n) is 1.09. The molecular formula is C9H8F2O2V. The van der Waals surface area contributed by atoms with Gasteiger partial charge >= 0.3 is 5.97 Å². The number of halogens is 2. The van der Waals surface area contributed by atoms with E-state index >= 15 is 0 Å². The number of hydrogen-bond acceptors (Lipinski definition) is 1. The number of hydrogen-bond donors (Lipinski definition) is 1. The normalized spacial score (nSPS) is 9.43. The second kappa shape index (κ2) is 4.57. The third kappa shape index (κ3) is 2.14. The molecular weight excluding hydrogens is 229 g/mol. The van der Waals surface area contributed by atoms with E-state index in [1.807, 2.05) is 0 Å². The molecule has 0 aliphatic rings. The maximum atomic E-state index is 13.1. The van der Waals surface area contributed by atoms with E-state index in [-0.39, 0.29) is 29.7 Å². The van der Waals surface area contributed by atoms with Gasteiger partial charge in [0.15, 0.2) is 0 Å². The molecule has 1 aromatic carbocycles. The minimum absolute atomic E-state index is 0. The molecule has 0 amide bonds. The molecule has 0 unspecified atom stereocenters. The molecule has 0 heterocycles. The van der Waals surface area contributed by atoms with E-state index < -0.39 is 23.2 Å². The largest absolute Gasteiger partial charge is 0.478 e. The first kappa shape index (κ1) is 13.1. The van der Waals surface area contributed by atoms with Crippen LogP contribution in [0.5, 0.6) is 0 Å². The number of rotatable bonds is 1. The molecule has 0 atom stereocenters. The summed E-state index contributed by atoms with van der Waals surface area (Å²) in [4.78, 5) is 10.5. The minimum Gasteiger partial charge on any atom is -0.478 e. The first-order chi connectivity index (χ1) is 5.95. The number of carboxylic acid groups (broad SMARTS) is 1. The van der Waals surface area contributed by atoms with Crippen LogP contribution in [0.15, 0.2) is 6.07 Å². The molecule has 0 bridgehead atoms. The van der Waals surface area contributed by atoms with Crippen molar-refractivity contribution in [3.05, 3.63) is 34.4 Å². The van der Waals surface area contributed by atoms with Gasteiger partial charge < -0.3 is 5.11 Å². The van der Waals surface area contributed by atoms with Crippen LogP contribution in [0.25, 0.3) is 0 Å². The van der Waals surface area contributed by atoms with Crippen LogP contribution in [0.4, 0.5) is 8.78 Å². The van der Waals surface area contributed by atoms with E-state index in [9.17, 15) is 13.6 Å². The van der Waals surface area contributed by atoms with Crippen molar-refractivity contribution in [1.82, 2.24) is 0 Å². The predicted octanol–water partition coefficient (Wildman–Crippen LogP) is 2.28. The fourth-order valence-corrected chi connectivity index (χ4v) is 1.09. The summed E-state index contributed by atoms with van der Waals surface area (Å²) >= 11 is 0. The van der Waals surface area contributed by atoms with Crippen LogP contribution in [-0.2, 0) is 18.6 Å². The quantitative estimate of drug-likeness (QED) is 0.813. The van der Waals surface area contributed by atoms with Gasteiger partial charge in [-0.15, -0.1) is 0 Å². The van der Waals surface area contributed by atoms with Gasteiger partial charge in [0.2, 0.25) is 0 Å². The number of aryl methyl sites for hydroxylation is 1. The van der Waals surface area contributed by atoms with Crippen LogP contribution in [-0.4, -0.2) is 11.1 Å². The first-order valence-corrected chi connectivity index (χ1v) is 3.63. The Labute approximate surface area is 91.8 Å². The Bertz CT molecular complexity index is 378. The molecule has 0 aromatic heterocycles. The van der Waals surface area contributed by atoms with E-state index in [2.05, 4.69) is 0 Å². The number of carbonyl (C=O) groups is 1. The number of carboxylic acids is 1. The van der Waals surface area contributed by atoms with E-state index in [4.69, 9.17) is 5.11 Å². The van der Waals surface area contributed by atoms with Gasteiger partial charge in [-0.25, -0.2) is 13.6 Å². The molecule has 14 heavy (non-hydrogen) atoms. The van der Waals surface area contributed by atoms with Crippen molar-refractivity contribution in [1.29, 1.82) is 0 Å². The van der Waals surface area contributed by atoms with Crippen molar-refractivity contribution < 1.29 is 37.2 Å². The van der Waals surface area contributed by atoms with Gasteiger partial charge in [-0.05, 0) is 25.5 Å². The van der Waals surface area contributed by atoms with Gasteiger partial charge in [0.25, 0.3) is 0 Å². The first-order valence-electron chi connectivity index (χ1n) is 3.63. The standard InChI is InChI=1S/C9H8F2O2.V/c1-4-3-6(9(12)13)8(11)5(2)7(4)10;/h3H,1-2H3,(H,12,13);. The monoisotopic (exact) mass is 237 g/mol. The summed E-state index contributed by atoms with van der Waals surface area (Å²) in [7, 11) is 0. The predicted molar refractivity (Wildman–Crippen MR) is 42.8 cm³/mol. The fraction of sp³-hybridized carbons (Fsp3) is 0.222. The summed E-state index contributed by atoms with van der Waals surface area (Å²) in [5.41, 5.74) is -0.606. The Morgan fingerprint density at radius 3 is 2.21 bits per heavy atom. The molecule has 1 aromatic rings. The van der Waals surface area contributed by atoms with Crippen molar-refractivity contribution in [2.75, 3.05) is 0 Å². The third-order valence-electron chi connectivity index (χ3n) is 1.83. The van der Waals surface area contributed by atoms with Crippen molar-refractivity contribution in [2.45, 2.75) is 13.8 Å². The smallest absolute Gasteiger partial charge is 0.338 e. The molecule has 1 rings (SSSR count). The van der Waals surface area contributed by atoms with Crippen molar-refractivity contribution in [2.24, 2.45) is 0 Å². The topological polar surface area (TPSA) is 37.3 Å². The van der Waals surface area contributed by atoms with Crippen LogP contribution >= 0.6 is 0 Å². The number of benzene rings is 1. The maximum Gasteiger partial charge on any atom is 0.338 e. The van der Waals surface area contributed by atoms with E-state index in [1.165, 1.54) is 13.8 Å². The van der Waals surface area contributed by atoms with E-state index in [1.54, 1.807) is 0 Å². The SMILES string of the molecule is Cc1cc(C(=O)O)c(F)c(C)c1F.[V]. The summed E-state index contributed by atoms with van der Waals surface area (Å²) < 4.78 is 26.1. The van der Waals surface area contributed by atoms with Gasteiger partial charge in [-0.3, -0.25) is 0 Å². The zero-order valence-corrected chi connectivity index (χ0v) is 9.03. The Morgan fingerprint density at radius 1 is 1.29 bits per heavy atom. The van der Waals surface area contributed by atoms with Gasteiger partial charge in [0, 0.05) is 24.1 Å². The Balaban J connectivity index is 0.00000169. The average molecular weight is 237 g/mol. The van der Waals surface area contributed by atoms with Crippen molar-refractivity contribution in [3.63, 3.8) is 0 Å². The molecule has 2 nitrogen and oxygen atoms in total. The summed E-state index contributed by atoms with van der Waals surface area (Å²) in [6.45, 7) is 2.61. The second-order valence-corrected chi connectivity index (χ2v) is 2.80. The second-order valence-electron chi connectivity index (χ2n) is 2.80. The van der Waals surface area contributed by atoms with Crippen LogP contribution in [0.3, 0.4) is 0 Å². The van der Waals surface area contributed by atoms with Crippen LogP contribution < -0.4 is 0 Å². The summed E-state index contributed by atoms with van der Waals surface area (Å²) in [6.07, 6.45) is 0. The van der Waals surface area contributed by atoms with Crippen LogP contribution in [0.1, 0.15) is 21.5 Å². The van der Waals surface area contributed by atoms with Gasteiger partial charge in [-0.1, -0.05) is 0 Å². The zero-order chi connectivity index (χ0) is 10.2. The molecule has 1 N–H and O–H groups in total. The van der Waals surface area contributed by atoms with Crippen molar-refractivity contribution >= 4 is 5.97 Å². The molecule has 0 aliphatic heterocycles. The molecule has 0 aliphatic carbocycles. The molecule has 75 valence electrons. The van der Waals surface area contributed by atoms with Crippen LogP contribution in [0.2, 0.25) is 0 Å². The number of aromatic carboxylic acids is 1. The summed E-state index contributed by atoms with van der Waals surface area (Å²) in [5.74, 6) is -3.08. The van der Waals surface area contributed by atoms with Gasteiger partial charge in [-0.2, -0.15) is 0 Å². The average Bonchev–Trinajstić information content (AvgIpc) is 2.07. The third-order valence-corrected chi connectivity index (χ3v) is 1.83. The Kier molecular flexibility index (Phi) is 4.29.